The van der Waals surface area contributed by atoms with Gasteiger partial charge in [0.05, 0.1) is 12.7 Å². The van der Waals surface area contributed by atoms with Crippen LogP contribution in [0.3, 0.4) is 0 Å². The zero-order chi connectivity index (χ0) is 15.1. The van der Waals surface area contributed by atoms with Gasteiger partial charge < -0.3 is 10.2 Å². The number of aliphatic hydroxyl groups is 2. The summed E-state index contributed by atoms with van der Waals surface area (Å²) in [4.78, 5) is 0. The van der Waals surface area contributed by atoms with Crippen LogP contribution in [0.2, 0.25) is 0 Å². The molecule has 1 atom stereocenters. The highest BCUT2D eigenvalue weighted by atomic mass is 16.3. The molecule has 0 aliphatic heterocycles. The van der Waals surface area contributed by atoms with Crippen molar-refractivity contribution in [3.63, 3.8) is 0 Å². The largest absolute Gasteiger partial charge is 0.394 e. The van der Waals surface area contributed by atoms with Crippen LogP contribution in [0.5, 0.6) is 0 Å². The molecule has 2 heteroatoms. The van der Waals surface area contributed by atoms with E-state index in [4.69, 9.17) is 5.11 Å². The highest BCUT2D eigenvalue weighted by molar-refractivity contribution is 4.54. The molecule has 0 aliphatic rings. The fourth-order valence-corrected chi connectivity index (χ4v) is 2.61. The molecule has 0 saturated carbocycles. The average Bonchev–Trinajstić information content (AvgIpc) is 2.43. The van der Waals surface area contributed by atoms with Crippen molar-refractivity contribution in [2.75, 3.05) is 6.61 Å². The van der Waals surface area contributed by atoms with Crippen LogP contribution in [0.4, 0.5) is 0 Å². The Morgan fingerprint density at radius 3 is 1.30 bits per heavy atom. The molecule has 0 saturated heterocycles. The summed E-state index contributed by atoms with van der Waals surface area (Å²) >= 11 is 0. The minimum atomic E-state index is -0.495. The predicted octanol–water partition coefficient (Wildman–Crippen LogP) is 5.07. The second-order valence-electron chi connectivity index (χ2n) is 6.70. The van der Waals surface area contributed by atoms with Crippen LogP contribution < -0.4 is 0 Å². The van der Waals surface area contributed by atoms with E-state index >= 15 is 0 Å². The van der Waals surface area contributed by atoms with Crippen LogP contribution in [0.15, 0.2) is 0 Å². The molecule has 1 unspecified atom stereocenters. The first kappa shape index (κ1) is 19.9. The number of aliphatic hydroxyl groups excluding tert-OH is 2. The molecule has 20 heavy (non-hydrogen) atoms. The molecular formula is C18H38O2. The summed E-state index contributed by atoms with van der Waals surface area (Å²) in [7, 11) is 0. The van der Waals surface area contributed by atoms with E-state index in [1.165, 1.54) is 70.6 Å². The summed E-state index contributed by atoms with van der Waals surface area (Å²) in [6.07, 6.45) is 16.4. The van der Waals surface area contributed by atoms with Gasteiger partial charge in [0.2, 0.25) is 0 Å². The second-order valence-corrected chi connectivity index (χ2v) is 6.70. The Hall–Kier alpha value is -0.0800. The first-order valence-corrected chi connectivity index (χ1v) is 8.95. The summed E-state index contributed by atoms with van der Waals surface area (Å²) in [6, 6.07) is 0. The zero-order valence-corrected chi connectivity index (χ0v) is 13.9. The minimum absolute atomic E-state index is 0.0861. The molecule has 0 fully saturated rings. The zero-order valence-electron chi connectivity index (χ0n) is 13.9. The Balaban J connectivity index is 2.99. The van der Waals surface area contributed by atoms with Crippen molar-refractivity contribution < 1.29 is 10.2 Å². The highest BCUT2D eigenvalue weighted by Gasteiger charge is 2.00. The number of unbranched alkanes of at least 4 members (excludes halogenated alkanes) is 10. The minimum Gasteiger partial charge on any atom is -0.394 e. The Morgan fingerprint density at radius 1 is 0.600 bits per heavy atom. The van der Waals surface area contributed by atoms with Gasteiger partial charge in [0.25, 0.3) is 0 Å². The van der Waals surface area contributed by atoms with Gasteiger partial charge in [0.1, 0.15) is 0 Å². The predicted molar refractivity (Wildman–Crippen MR) is 88.0 cm³/mol. The van der Waals surface area contributed by atoms with Gasteiger partial charge in [-0.2, -0.15) is 0 Å². The monoisotopic (exact) mass is 286 g/mol. The van der Waals surface area contributed by atoms with Crippen molar-refractivity contribution in [2.45, 2.75) is 103 Å². The molecule has 0 rings (SSSR count). The quantitative estimate of drug-likeness (QED) is 0.413. The van der Waals surface area contributed by atoms with E-state index in [9.17, 15) is 5.11 Å². The van der Waals surface area contributed by atoms with E-state index in [-0.39, 0.29) is 6.61 Å². The molecule has 0 aromatic heterocycles. The summed E-state index contributed by atoms with van der Waals surface area (Å²) in [6.45, 7) is 4.53. The molecule has 0 spiro atoms. The first-order chi connectivity index (χ1) is 9.66. The topological polar surface area (TPSA) is 40.5 Å². The van der Waals surface area contributed by atoms with Gasteiger partial charge >= 0.3 is 0 Å². The average molecular weight is 286 g/mol. The molecular weight excluding hydrogens is 248 g/mol. The lowest BCUT2D eigenvalue weighted by molar-refractivity contribution is 0.0860. The van der Waals surface area contributed by atoms with Gasteiger partial charge in [0.15, 0.2) is 0 Å². The van der Waals surface area contributed by atoms with Crippen molar-refractivity contribution in [1.82, 2.24) is 0 Å². The maximum atomic E-state index is 9.20. The van der Waals surface area contributed by atoms with Gasteiger partial charge in [-0.25, -0.2) is 0 Å². The molecule has 0 radical (unpaired) electrons. The fraction of sp³-hybridized carbons (Fsp3) is 1.00. The summed E-state index contributed by atoms with van der Waals surface area (Å²) in [5, 5.41) is 17.9. The van der Waals surface area contributed by atoms with Crippen molar-refractivity contribution in [3.8, 4) is 0 Å². The van der Waals surface area contributed by atoms with Crippen molar-refractivity contribution >= 4 is 0 Å². The third-order valence-electron chi connectivity index (χ3n) is 4.03. The molecule has 2 nitrogen and oxygen atoms in total. The maximum absolute atomic E-state index is 9.20. The molecule has 0 bridgehead atoms. The molecule has 0 amide bonds. The van der Waals surface area contributed by atoms with Crippen LogP contribution in [-0.2, 0) is 0 Å². The van der Waals surface area contributed by atoms with Crippen molar-refractivity contribution in [2.24, 2.45) is 5.92 Å². The van der Waals surface area contributed by atoms with E-state index < -0.39 is 6.10 Å². The normalized spacial score (nSPS) is 13.1. The Kier molecular flexibility index (Phi) is 15.3. The lowest BCUT2D eigenvalue weighted by Crippen LogP contribution is -2.10. The van der Waals surface area contributed by atoms with Crippen LogP contribution >= 0.6 is 0 Å². The van der Waals surface area contributed by atoms with Crippen LogP contribution in [0.25, 0.3) is 0 Å². The lowest BCUT2D eigenvalue weighted by Gasteiger charge is -2.06. The molecule has 0 heterocycles. The molecule has 0 aliphatic carbocycles. The summed E-state index contributed by atoms with van der Waals surface area (Å²) in [5.41, 5.74) is 0. The van der Waals surface area contributed by atoms with E-state index in [0.29, 0.717) is 0 Å². The van der Waals surface area contributed by atoms with E-state index in [0.717, 1.165) is 18.8 Å². The Morgan fingerprint density at radius 2 is 0.950 bits per heavy atom. The maximum Gasteiger partial charge on any atom is 0.0770 e. The lowest BCUT2D eigenvalue weighted by atomic mass is 10.0. The fourth-order valence-electron chi connectivity index (χ4n) is 2.61. The SMILES string of the molecule is CC(C)CCCCCCCCCCCCCC(O)CO. The van der Waals surface area contributed by atoms with Gasteiger partial charge in [0, 0.05) is 0 Å². The third kappa shape index (κ3) is 16.0. The molecule has 0 aromatic rings. The van der Waals surface area contributed by atoms with E-state index in [2.05, 4.69) is 13.8 Å². The Bertz CT molecular complexity index is 180. The molecule has 2 N–H and O–H groups in total. The third-order valence-corrected chi connectivity index (χ3v) is 4.03. The van der Waals surface area contributed by atoms with Gasteiger partial charge in [-0.15, -0.1) is 0 Å². The van der Waals surface area contributed by atoms with E-state index in [1.54, 1.807) is 0 Å². The van der Waals surface area contributed by atoms with Crippen LogP contribution in [0, 0.1) is 5.92 Å². The number of rotatable bonds is 15. The van der Waals surface area contributed by atoms with Gasteiger partial charge in [-0.3, -0.25) is 0 Å². The first-order valence-electron chi connectivity index (χ1n) is 8.95. The smallest absolute Gasteiger partial charge is 0.0770 e. The summed E-state index contributed by atoms with van der Waals surface area (Å²) < 4.78 is 0. The molecule has 0 aromatic carbocycles. The molecule has 122 valence electrons. The van der Waals surface area contributed by atoms with Gasteiger partial charge in [-0.1, -0.05) is 90.9 Å². The Labute approximate surface area is 127 Å². The second kappa shape index (κ2) is 15.3. The van der Waals surface area contributed by atoms with Crippen molar-refractivity contribution in [1.29, 1.82) is 0 Å². The number of hydrogen-bond donors (Lipinski definition) is 2. The number of hydrogen-bond acceptors (Lipinski definition) is 2. The highest BCUT2D eigenvalue weighted by Crippen LogP contribution is 2.14. The standard InChI is InChI=1S/C18H38O2/c1-17(2)14-12-10-8-6-4-3-5-7-9-11-13-15-18(20)16-19/h17-20H,3-16H2,1-2H3. The van der Waals surface area contributed by atoms with Crippen LogP contribution in [-0.4, -0.2) is 22.9 Å². The van der Waals surface area contributed by atoms with Crippen molar-refractivity contribution in [3.05, 3.63) is 0 Å². The van der Waals surface area contributed by atoms with Crippen LogP contribution in [0.1, 0.15) is 97.3 Å². The summed E-state index contributed by atoms with van der Waals surface area (Å²) in [5.74, 6) is 0.869. The van der Waals surface area contributed by atoms with Gasteiger partial charge in [-0.05, 0) is 12.3 Å². The van der Waals surface area contributed by atoms with E-state index in [1.807, 2.05) is 0 Å².